The largest absolute Gasteiger partial charge is 0.387 e. The predicted molar refractivity (Wildman–Crippen MR) is 53.6 cm³/mol. The number of hydrogen-bond acceptors (Lipinski definition) is 5. The lowest BCUT2D eigenvalue weighted by Gasteiger charge is -2.08. The van der Waals surface area contributed by atoms with Crippen LogP contribution in [0, 0.1) is 0 Å². The van der Waals surface area contributed by atoms with Crippen LogP contribution in [0.5, 0.6) is 0 Å². The molecule has 0 spiro atoms. The Balaban J connectivity index is 2.35. The van der Waals surface area contributed by atoms with E-state index in [1.165, 1.54) is 0 Å². The number of aromatic nitrogens is 4. The number of nitrogens with two attached hydrogens (primary N) is 1. The van der Waals surface area contributed by atoms with E-state index in [0.29, 0.717) is 5.82 Å². The second kappa shape index (κ2) is 4.16. The predicted octanol–water partition coefficient (Wildman–Crippen LogP) is -0.141. The molecule has 1 atom stereocenters. The number of tetrazole rings is 1. The highest BCUT2D eigenvalue weighted by molar-refractivity contribution is 5.55. The summed E-state index contributed by atoms with van der Waals surface area (Å²) in [6.45, 7) is 0.190. The summed E-state index contributed by atoms with van der Waals surface area (Å²) in [4.78, 5) is 0. The summed E-state index contributed by atoms with van der Waals surface area (Å²) in [5.41, 5.74) is 6.92. The molecule has 0 aliphatic heterocycles. The summed E-state index contributed by atoms with van der Waals surface area (Å²) < 4.78 is 0. The van der Waals surface area contributed by atoms with Gasteiger partial charge in [-0.2, -0.15) is 5.21 Å². The molecule has 0 saturated heterocycles. The van der Waals surface area contributed by atoms with E-state index in [1.807, 2.05) is 12.1 Å². The molecule has 0 bridgehead atoms. The molecule has 0 aliphatic carbocycles. The first-order valence-electron chi connectivity index (χ1n) is 4.53. The first-order chi connectivity index (χ1) is 7.31. The Kier molecular flexibility index (Phi) is 2.70. The van der Waals surface area contributed by atoms with Crippen LogP contribution in [-0.4, -0.2) is 32.3 Å². The van der Waals surface area contributed by atoms with E-state index in [0.717, 1.165) is 11.1 Å². The lowest BCUT2D eigenvalue weighted by molar-refractivity contribution is 0.187. The maximum Gasteiger partial charge on any atom is 0.204 e. The number of aromatic amines is 1. The molecule has 1 aromatic heterocycles. The summed E-state index contributed by atoms with van der Waals surface area (Å²) in [6.07, 6.45) is -0.656. The Morgan fingerprint density at radius 3 is 3.00 bits per heavy atom. The van der Waals surface area contributed by atoms with Crippen LogP contribution >= 0.6 is 0 Å². The molecule has 78 valence electrons. The van der Waals surface area contributed by atoms with E-state index in [4.69, 9.17) is 5.73 Å². The minimum absolute atomic E-state index is 0.190. The van der Waals surface area contributed by atoms with Gasteiger partial charge in [0.1, 0.15) is 0 Å². The summed E-state index contributed by atoms with van der Waals surface area (Å²) in [7, 11) is 0. The van der Waals surface area contributed by atoms with Gasteiger partial charge in [0.05, 0.1) is 6.10 Å². The Hall–Kier alpha value is -1.79. The zero-order valence-corrected chi connectivity index (χ0v) is 7.96. The van der Waals surface area contributed by atoms with Crippen molar-refractivity contribution in [3.05, 3.63) is 29.8 Å². The van der Waals surface area contributed by atoms with E-state index >= 15 is 0 Å². The molecule has 0 saturated carbocycles. The molecule has 1 heterocycles. The lowest BCUT2D eigenvalue weighted by Crippen LogP contribution is -2.11. The topological polar surface area (TPSA) is 101 Å². The van der Waals surface area contributed by atoms with Crippen LogP contribution in [0.3, 0.4) is 0 Å². The van der Waals surface area contributed by atoms with Gasteiger partial charge in [-0.1, -0.05) is 18.2 Å². The highest BCUT2D eigenvalue weighted by Crippen LogP contribution is 2.19. The first-order valence-corrected chi connectivity index (χ1v) is 4.53. The quantitative estimate of drug-likeness (QED) is 0.647. The van der Waals surface area contributed by atoms with E-state index in [1.54, 1.807) is 12.1 Å². The van der Waals surface area contributed by atoms with Crippen LogP contribution in [0.2, 0.25) is 0 Å². The molecule has 2 rings (SSSR count). The monoisotopic (exact) mass is 205 g/mol. The van der Waals surface area contributed by atoms with Crippen LogP contribution in [0.15, 0.2) is 24.3 Å². The summed E-state index contributed by atoms with van der Waals surface area (Å²) in [6, 6.07) is 7.26. The maximum absolute atomic E-state index is 9.56. The molecule has 6 nitrogen and oxygen atoms in total. The molecule has 6 heteroatoms. The van der Waals surface area contributed by atoms with Crippen molar-refractivity contribution in [1.29, 1.82) is 0 Å². The fraction of sp³-hybridized carbons (Fsp3) is 0.222. The third kappa shape index (κ3) is 2.00. The highest BCUT2D eigenvalue weighted by atomic mass is 16.3. The molecular weight excluding hydrogens is 194 g/mol. The van der Waals surface area contributed by atoms with Crippen molar-refractivity contribution in [2.45, 2.75) is 6.10 Å². The van der Waals surface area contributed by atoms with Crippen molar-refractivity contribution < 1.29 is 5.11 Å². The van der Waals surface area contributed by atoms with Crippen molar-refractivity contribution >= 4 is 0 Å². The smallest absolute Gasteiger partial charge is 0.204 e. The molecular formula is C9H11N5O. The average Bonchev–Trinajstić information content (AvgIpc) is 2.82. The Morgan fingerprint density at radius 2 is 2.33 bits per heavy atom. The van der Waals surface area contributed by atoms with Crippen molar-refractivity contribution in [1.82, 2.24) is 20.6 Å². The van der Waals surface area contributed by atoms with Gasteiger partial charge in [-0.3, -0.25) is 0 Å². The molecule has 4 N–H and O–H groups in total. The fourth-order valence-electron chi connectivity index (χ4n) is 1.31. The molecule has 0 unspecified atom stereocenters. The van der Waals surface area contributed by atoms with Gasteiger partial charge in [-0.15, -0.1) is 10.2 Å². The van der Waals surface area contributed by atoms with Gasteiger partial charge in [0.2, 0.25) is 5.82 Å². The normalized spacial score (nSPS) is 12.7. The number of aliphatic hydroxyl groups is 1. The van der Waals surface area contributed by atoms with E-state index < -0.39 is 6.10 Å². The van der Waals surface area contributed by atoms with Crippen LogP contribution < -0.4 is 5.73 Å². The first kappa shape index (κ1) is 9.75. The molecule has 0 fully saturated rings. The maximum atomic E-state index is 9.56. The van der Waals surface area contributed by atoms with Crippen molar-refractivity contribution in [3.63, 3.8) is 0 Å². The zero-order valence-electron chi connectivity index (χ0n) is 7.96. The van der Waals surface area contributed by atoms with Crippen molar-refractivity contribution in [2.75, 3.05) is 6.54 Å². The van der Waals surface area contributed by atoms with Gasteiger partial charge < -0.3 is 10.8 Å². The number of H-pyrrole nitrogens is 1. The number of hydrogen-bond donors (Lipinski definition) is 3. The second-order valence-electron chi connectivity index (χ2n) is 3.11. The van der Waals surface area contributed by atoms with Gasteiger partial charge >= 0.3 is 0 Å². The standard InChI is InChI=1S/C9H11N5O/c10-5-8(15)6-2-1-3-7(4-6)9-11-13-14-12-9/h1-4,8,15H,5,10H2,(H,11,12,13,14)/t8-/m1/s1. The molecule has 0 radical (unpaired) electrons. The molecule has 1 aromatic carbocycles. The summed E-state index contributed by atoms with van der Waals surface area (Å²) >= 11 is 0. The zero-order chi connectivity index (χ0) is 10.7. The van der Waals surface area contributed by atoms with E-state index in [-0.39, 0.29) is 6.54 Å². The van der Waals surface area contributed by atoms with E-state index in [9.17, 15) is 5.11 Å². The van der Waals surface area contributed by atoms with Gasteiger partial charge in [0.25, 0.3) is 0 Å². The van der Waals surface area contributed by atoms with Gasteiger partial charge in [-0.05, 0) is 16.8 Å². The Morgan fingerprint density at radius 1 is 1.47 bits per heavy atom. The molecule has 0 amide bonds. The summed E-state index contributed by atoms with van der Waals surface area (Å²) in [5, 5.41) is 23.1. The average molecular weight is 205 g/mol. The number of benzene rings is 1. The third-order valence-electron chi connectivity index (χ3n) is 2.10. The number of nitrogens with one attached hydrogen (secondary N) is 1. The number of aliphatic hydroxyl groups excluding tert-OH is 1. The number of nitrogens with zero attached hydrogens (tertiary/aromatic N) is 3. The van der Waals surface area contributed by atoms with Crippen LogP contribution in [0.25, 0.3) is 11.4 Å². The molecule has 15 heavy (non-hydrogen) atoms. The van der Waals surface area contributed by atoms with Crippen LogP contribution in [0.4, 0.5) is 0 Å². The highest BCUT2D eigenvalue weighted by Gasteiger charge is 2.08. The Bertz CT molecular complexity index is 428. The van der Waals surface area contributed by atoms with Gasteiger partial charge in [0, 0.05) is 12.1 Å². The molecule has 2 aromatic rings. The minimum atomic E-state index is -0.656. The fourth-order valence-corrected chi connectivity index (χ4v) is 1.31. The molecule has 0 aliphatic rings. The third-order valence-corrected chi connectivity index (χ3v) is 2.10. The van der Waals surface area contributed by atoms with Crippen molar-refractivity contribution in [2.24, 2.45) is 5.73 Å². The summed E-state index contributed by atoms with van der Waals surface area (Å²) in [5.74, 6) is 0.501. The number of rotatable bonds is 3. The minimum Gasteiger partial charge on any atom is -0.387 e. The van der Waals surface area contributed by atoms with Crippen LogP contribution in [0.1, 0.15) is 11.7 Å². The van der Waals surface area contributed by atoms with Gasteiger partial charge in [-0.25, -0.2) is 0 Å². The second-order valence-corrected chi connectivity index (χ2v) is 3.11. The SMILES string of the molecule is NC[C@@H](O)c1cccc(-c2nn[nH]n2)c1. The van der Waals surface area contributed by atoms with E-state index in [2.05, 4.69) is 20.6 Å². The van der Waals surface area contributed by atoms with Crippen LogP contribution in [-0.2, 0) is 0 Å². The van der Waals surface area contributed by atoms with Gasteiger partial charge in [0.15, 0.2) is 0 Å². The van der Waals surface area contributed by atoms with Crippen molar-refractivity contribution in [3.8, 4) is 11.4 Å². The lowest BCUT2D eigenvalue weighted by atomic mass is 10.1. The Labute approximate surface area is 86.1 Å².